The van der Waals surface area contributed by atoms with Gasteiger partial charge in [0.25, 0.3) is 11.5 Å². The molecule has 1 fully saturated rings. The molecule has 0 atom stereocenters. The SMILES string of the molecule is COCCn1nc(C(=O)Nc2ccc(N3CCOCC3)cc2)ccc1=O. The van der Waals surface area contributed by atoms with E-state index in [9.17, 15) is 9.59 Å². The first kappa shape index (κ1) is 18.1. The minimum atomic E-state index is -0.365. The summed E-state index contributed by atoms with van der Waals surface area (Å²) in [6, 6.07) is 10.4. The Labute approximate surface area is 151 Å². The van der Waals surface area contributed by atoms with Crippen LogP contribution in [0.15, 0.2) is 41.2 Å². The van der Waals surface area contributed by atoms with Crippen molar-refractivity contribution < 1.29 is 14.3 Å². The Kier molecular flexibility index (Phi) is 5.98. The summed E-state index contributed by atoms with van der Waals surface area (Å²) in [5, 5.41) is 6.89. The second-order valence-corrected chi connectivity index (χ2v) is 5.87. The zero-order valence-corrected chi connectivity index (χ0v) is 14.7. The molecule has 2 heterocycles. The molecule has 0 spiro atoms. The summed E-state index contributed by atoms with van der Waals surface area (Å²) in [5.74, 6) is -0.365. The predicted molar refractivity (Wildman–Crippen MR) is 97.8 cm³/mol. The van der Waals surface area contributed by atoms with E-state index in [0.717, 1.165) is 32.0 Å². The van der Waals surface area contributed by atoms with Crippen LogP contribution in [0.25, 0.3) is 0 Å². The number of hydrogen-bond acceptors (Lipinski definition) is 6. The number of rotatable bonds is 6. The molecular weight excluding hydrogens is 336 g/mol. The van der Waals surface area contributed by atoms with Crippen LogP contribution in [0.5, 0.6) is 0 Å². The van der Waals surface area contributed by atoms with Crippen molar-refractivity contribution in [1.82, 2.24) is 9.78 Å². The maximum absolute atomic E-state index is 12.4. The van der Waals surface area contributed by atoms with Crippen LogP contribution in [-0.2, 0) is 16.0 Å². The molecule has 0 saturated carbocycles. The topological polar surface area (TPSA) is 85.7 Å². The molecule has 2 aromatic rings. The molecule has 8 heteroatoms. The molecule has 1 aliphatic rings. The average molecular weight is 358 g/mol. The van der Waals surface area contributed by atoms with Crippen LogP contribution in [0.2, 0.25) is 0 Å². The third-order valence-corrected chi connectivity index (χ3v) is 4.11. The number of anilines is 2. The molecule has 1 N–H and O–H groups in total. The summed E-state index contributed by atoms with van der Waals surface area (Å²) in [6.07, 6.45) is 0. The van der Waals surface area contributed by atoms with Crippen molar-refractivity contribution in [2.45, 2.75) is 6.54 Å². The van der Waals surface area contributed by atoms with E-state index in [0.29, 0.717) is 18.8 Å². The molecule has 1 aromatic heterocycles. The van der Waals surface area contributed by atoms with E-state index in [1.807, 2.05) is 24.3 Å². The molecule has 1 saturated heterocycles. The van der Waals surface area contributed by atoms with Crippen LogP contribution in [0.4, 0.5) is 11.4 Å². The maximum Gasteiger partial charge on any atom is 0.276 e. The highest BCUT2D eigenvalue weighted by atomic mass is 16.5. The summed E-state index contributed by atoms with van der Waals surface area (Å²) in [7, 11) is 1.54. The monoisotopic (exact) mass is 358 g/mol. The molecule has 26 heavy (non-hydrogen) atoms. The second kappa shape index (κ2) is 8.59. The number of hydrogen-bond donors (Lipinski definition) is 1. The third kappa shape index (κ3) is 4.47. The highest BCUT2D eigenvalue weighted by Gasteiger charge is 2.13. The van der Waals surface area contributed by atoms with E-state index in [1.165, 1.54) is 16.8 Å². The highest BCUT2D eigenvalue weighted by molar-refractivity contribution is 6.02. The normalized spacial score (nSPS) is 14.3. The largest absolute Gasteiger partial charge is 0.383 e. The van der Waals surface area contributed by atoms with Gasteiger partial charge in [0, 0.05) is 37.6 Å². The van der Waals surface area contributed by atoms with Gasteiger partial charge in [-0.3, -0.25) is 9.59 Å². The fourth-order valence-corrected chi connectivity index (χ4v) is 2.68. The van der Waals surface area contributed by atoms with Crippen LogP contribution in [-0.4, -0.2) is 55.7 Å². The van der Waals surface area contributed by atoms with Crippen LogP contribution < -0.4 is 15.8 Å². The van der Waals surface area contributed by atoms with Gasteiger partial charge in [-0.15, -0.1) is 0 Å². The van der Waals surface area contributed by atoms with E-state index in [2.05, 4.69) is 15.3 Å². The zero-order valence-electron chi connectivity index (χ0n) is 14.7. The molecule has 3 rings (SSSR count). The Morgan fingerprint density at radius 1 is 1.19 bits per heavy atom. The lowest BCUT2D eigenvalue weighted by atomic mass is 10.2. The van der Waals surface area contributed by atoms with Gasteiger partial charge in [-0.2, -0.15) is 5.10 Å². The summed E-state index contributed by atoms with van der Waals surface area (Å²) in [4.78, 5) is 26.4. The molecular formula is C18H22N4O4. The number of morpholine rings is 1. The van der Waals surface area contributed by atoms with Gasteiger partial charge in [0.2, 0.25) is 0 Å². The molecule has 1 aliphatic heterocycles. The van der Waals surface area contributed by atoms with Gasteiger partial charge in [-0.1, -0.05) is 0 Å². The lowest BCUT2D eigenvalue weighted by Crippen LogP contribution is -2.36. The second-order valence-electron chi connectivity index (χ2n) is 5.87. The quantitative estimate of drug-likeness (QED) is 0.828. The van der Waals surface area contributed by atoms with Crippen LogP contribution in [0, 0.1) is 0 Å². The van der Waals surface area contributed by atoms with Gasteiger partial charge in [0.05, 0.1) is 26.4 Å². The standard InChI is InChI=1S/C18H22N4O4/c1-25-11-10-22-17(23)7-6-16(20-22)18(24)19-14-2-4-15(5-3-14)21-8-12-26-13-9-21/h2-7H,8-13H2,1H3,(H,19,24). The molecule has 1 amide bonds. The molecule has 0 bridgehead atoms. The van der Waals surface area contributed by atoms with Crippen molar-refractivity contribution in [3.63, 3.8) is 0 Å². The van der Waals surface area contributed by atoms with E-state index in [4.69, 9.17) is 9.47 Å². The Morgan fingerprint density at radius 3 is 2.62 bits per heavy atom. The lowest BCUT2D eigenvalue weighted by molar-refractivity contribution is 0.101. The van der Waals surface area contributed by atoms with E-state index in [-0.39, 0.29) is 17.2 Å². The molecule has 8 nitrogen and oxygen atoms in total. The first-order chi connectivity index (χ1) is 12.7. The number of methoxy groups -OCH3 is 1. The van der Waals surface area contributed by atoms with E-state index >= 15 is 0 Å². The minimum Gasteiger partial charge on any atom is -0.383 e. The van der Waals surface area contributed by atoms with Gasteiger partial charge < -0.3 is 19.7 Å². The maximum atomic E-state index is 12.4. The molecule has 0 radical (unpaired) electrons. The number of amides is 1. The molecule has 138 valence electrons. The number of ether oxygens (including phenoxy) is 2. The first-order valence-electron chi connectivity index (χ1n) is 8.48. The lowest BCUT2D eigenvalue weighted by Gasteiger charge is -2.28. The van der Waals surface area contributed by atoms with E-state index in [1.54, 1.807) is 7.11 Å². The van der Waals surface area contributed by atoms with Crippen molar-refractivity contribution >= 4 is 17.3 Å². The Hall–Kier alpha value is -2.71. The highest BCUT2D eigenvalue weighted by Crippen LogP contribution is 2.19. The van der Waals surface area contributed by atoms with E-state index < -0.39 is 0 Å². The van der Waals surface area contributed by atoms with Crippen molar-refractivity contribution in [1.29, 1.82) is 0 Å². The first-order valence-corrected chi connectivity index (χ1v) is 8.48. The number of carbonyl (C=O) groups excluding carboxylic acids is 1. The number of carbonyl (C=O) groups is 1. The number of benzene rings is 1. The van der Waals surface area contributed by atoms with Gasteiger partial charge in [0.1, 0.15) is 5.69 Å². The molecule has 1 aromatic carbocycles. The van der Waals surface area contributed by atoms with Crippen molar-refractivity contribution in [3.05, 3.63) is 52.4 Å². The van der Waals surface area contributed by atoms with Gasteiger partial charge >= 0.3 is 0 Å². The minimum absolute atomic E-state index is 0.179. The number of nitrogens with one attached hydrogen (secondary N) is 1. The van der Waals surface area contributed by atoms with Crippen molar-refractivity contribution in [2.75, 3.05) is 50.2 Å². The zero-order chi connectivity index (χ0) is 18.4. The summed E-state index contributed by atoms with van der Waals surface area (Å²) < 4.78 is 11.5. The fraction of sp³-hybridized carbons (Fsp3) is 0.389. The summed E-state index contributed by atoms with van der Waals surface area (Å²) in [5.41, 5.74) is 1.67. The van der Waals surface area contributed by atoms with Crippen LogP contribution in [0.3, 0.4) is 0 Å². The Balaban J connectivity index is 1.66. The Bertz CT molecular complexity index is 798. The summed E-state index contributed by atoms with van der Waals surface area (Å²) >= 11 is 0. The summed E-state index contributed by atoms with van der Waals surface area (Å²) in [6.45, 7) is 3.81. The molecule has 0 aliphatic carbocycles. The van der Waals surface area contributed by atoms with Gasteiger partial charge in [-0.25, -0.2) is 4.68 Å². The number of nitrogens with zero attached hydrogens (tertiary/aromatic N) is 3. The predicted octanol–water partition coefficient (Wildman–Crippen LogP) is 0.979. The van der Waals surface area contributed by atoms with Gasteiger partial charge in [0.15, 0.2) is 0 Å². The van der Waals surface area contributed by atoms with Gasteiger partial charge in [-0.05, 0) is 30.3 Å². The van der Waals surface area contributed by atoms with Crippen LogP contribution in [0.1, 0.15) is 10.5 Å². The molecule has 0 unspecified atom stereocenters. The smallest absolute Gasteiger partial charge is 0.276 e. The van der Waals surface area contributed by atoms with Crippen molar-refractivity contribution in [2.24, 2.45) is 0 Å². The average Bonchev–Trinajstić information content (AvgIpc) is 2.68. The number of aromatic nitrogens is 2. The van der Waals surface area contributed by atoms with Crippen LogP contribution >= 0.6 is 0 Å². The van der Waals surface area contributed by atoms with Crippen molar-refractivity contribution in [3.8, 4) is 0 Å². The fourth-order valence-electron chi connectivity index (χ4n) is 2.68. The Morgan fingerprint density at radius 2 is 1.92 bits per heavy atom. The third-order valence-electron chi connectivity index (χ3n) is 4.11.